The summed E-state index contributed by atoms with van der Waals surface area (Å²) < 4.78 is -0.778. The molecule has 0 atom stereocenters. The van der Waals surface area contributed by atoms with Crippen molar-refractivity contribution in [2.75, 3.05) is 0 Å². The molecule has 0 saturated carbocycles. The number of rotatable bonds is 4. The lowest BCUT2D eigenvalue weighted by atomic mass is 10.0. The Kier molecular flexibility index (Phi) is 4.03. The van der Waals surface area contributed by atoms with Crippen LogP contribution in [0.25, 0.3) is 0 Å². The third-order valence-electron chi connectivity index (χ3n) is 2.43. The molecule has 0 radical (unpaired) electrons. The van der Waals surface area contributed by atoms with Crippen LogP contribution < -0.4 is 0 Å². The van der Waals surface area contributed by atoms with Gasteiger partial charge in [-0.15, -0.1) is 11.8 Å². The Hall–Kier alpha value is -0.960. The Balaban J connectivity index is 2.80. The molecule has 1 N–H and O–H groups in total. The molecule has 3 heteroatoms. The molecular formula is C13H18O2S. The predicted octanol–water partition coefficient (Wildman–Crippen LogP) is 3.77. The molecule has 0 unspecified atom stereocenters. The maximum absolute atomic E-state index is 11.0. The van der Waals surface area contributed by atoms with E-state index in [9.17, 15) is 4.79 Å². The smallest absolute Gasteiger partial charge is 0.319 e. The van der Waals surface area contributed by atoms with Gasteiger partial charge in [-0.1, -0.05) is 26.0 Å². The molecule has 88 valence electrons. The molecular weight excluding hydrogens is 220 g/mol. The first-order chi connectivity index (χ1) is 7.33. The number of thioether (sulfide) groups is 1. The predicted molar refractivity (Wildman–Crippen MR) is 68.1 cm³/mol. The average Bonchev–Trinajstić information content (AvgIpc) is 2.17. The zero-order valence-corrected chi connectivity index (χ0v) is 11.0. The van der Waals surface area contributed by atoms with Crippen LogP contribution in [0.4, 0.5) is 0 Å². The first kappa shape index (κ1) is 13.1. The minimum absolute atomic E-state index is 0.506. The van der Waals surface area contributed by atoms with Gasteiger partial charge in [-0.05, 0) is 37.5 Å². The summed E-state index contributed by atoms with van der Waals surface area (Å²) in [6.45, 7) is 7.72. The molecule has 0 aliphatic carbocycles. The highest BCUT2D eigenvalue weighted by Crippen LogP contribution is 2.33. The maximum Gasteiger partial charge on any atom is 0.319 e. The second kappa shape index (κ2) is 4.91. The third-order valence-corrected chi connectivity index (χ3v) is 3.63. The summed E-state index contributed by atoms with van der Waals surface area (Å²) in [7, 11) is 0. The standard InChI is InChI=1S/C13H18O2S/c1-9(2)10-5-7-11(8-6-10)16-13(3,4)12(14)15/h5-9H,1-4H3,(H,14,15). The number of carbonyl (C=O) groups is 1. The summed E-state index contributed by atoms with van der Waals surface area (Å²) in [4.78, 5) is 12.0. The minimum atomic E-state index is -0.787. The molecule has 0 fully saturated rings. The first-order valence-corrected chi connectivity index (χ1v) is 6.17. The van der Waals surface area contributed by atoms with Crippen LogP contribution in [-0.2, 0) is 4.79 Å². The van der Waals surface area contributed by atoms with E-state index in [0.717, 1.165) is 4.90 Å². The highest BCUT2D eigenvalue weighted by atomic mass is 32.2. The number of carboxylic acid groups (broad SMARTS) is 1. The van der Waals surface area contributed by atoms with Gasteiger partial charge in [0.25, 0.3) is 0 Å². The quantitative estimate of drug-likeness (QED) is 0.811. The van der Waals surface area contributed by atoms with Gasteiger partial charge in [-0.25, -0.2) is 0 Å². The fraction of sp³-hybridized carbons (Fsp3) is 0.462. The third kappa shape index (κ3) is 3.27. The minimum Gasteiger partial charge on any atom is -0.480 e. The fourth-order valence-electron chi connectivity index (χ4n) is 1.26. The van der Waals surface area contributed by atoms with E-state index in [4.69, 9.17) is 5.11 Å². The van der Waals surface area contributed by atoms with Crippen LogP contribution in [0.15, 0.2) is 29.2 Å². The van der Waals surface area contributed by atoms with Gasteiger partial charge in [0.2, 0.25) is 0 Å². The van der Waals surface area contributed by atoms with E-state index in [1.54, 1.807) is 13.8 Å². The van der Waals surface area contributed by atoms with Crippen LogP contribution in [0, 0.1) is 0 Å². The van der Waals surface area contributed by atoms with Gasteiger partial charge in [0.05, 0.1) is 0 Å². The van der Waals surface area contributed by atoms with E-state index in [-0.39, 0.29) is 0 Å². The first-order valence-electron chi connectivity index (χ1n) is 5.35. The fourth-order valence-corrected chi connectivity index (χ4v) is 2.21. The molecule has 1 aromatic carbocycles. The molecule has 0 saturated heterocycles. The summed E-state index contributed by atoms with van der Waals surface area (Å²) in [5.74, 6) is -0.281. The van der Waals surface area contributed by atoms with Crippen LogP contribution >= 0.6 is 11.8 Å². The SMILES string of the molecule is CC(C)c1ccc(SC(C)(C)C(=O)O)cc1. The van der Waals surface area contributed by atoms with E-state index < -0.39 is 10.7 Å². The Bertz CT molecular complexity index is 366. The zero-order valence-electron chi connectivity index (χ0n) is 10.2. The molecule has 2 nitrogen and oxygen atoms in total. The van der Waals surface area contributed by atoms with Crippen molar-refractivity contribution in [2.24, 2.45) is 0 Å². The van der Waals surface area contributed by atoms with Gasteiger partial charge in [0.1, 0.15) is 4.75 Å². The average molecular weight is 238 g/mol. The van der Waals surface area contributed by atoms with E-state index in [1.807, 2.05) is 12.1 Å². The van der Waals surface area contributed by atoms with Gasteiger partial charge < -0.3 is 5.11 Å². The van der Waals surface area contributed by atoms with Gasteiger partial charge in [-0.3, -0.25) is 4.79 Å². The Morgan fingerprint density at radius 2 is 1.75 bits per heavy atom. The molecule has 1 aromatic rings. The normalized spacial score (nSPS) is 11.8. The lowest BCUT2D eigenvalue weighted by molar-refractivity contribution is -0.138. The molecule has 1 rings (SSSR count). The Morgan fingerprint density at radius 1 is 1.25 bits per heavy atom. The van der Waals surface area contributed by atoms with Crippen molar-refractivity contribution >= 4 is 17.7 Å². The van der Waals surface area contributed by atoms with Crippen LogP contribution in [0.2, 0.25) is 0 Å². The number of aliphatic carboxylic acids is 1. The molecule has 16 heavy (non-hydrogen) atoms. The summed E-state index contributed by atoms with van der Waals surface area (Å²) >= 11 is 1.37. The second-order valence-electron chi connectivity index (χ2n) is 4.64. The summed E-state index contributed by atoms with van der Waals surface area (Å²) in [5, 5.41) is 9.02. The molecule has 0 heterocycles. The number of carboxylic acids is 1. The number of hydrogen-bond donors (Lipinski definition) is 1. The topological polar surface area (TPSA) is 37.3 Å². The lowest BCUT2D eigenvalue weighted by Gasteiger charge is -2.18. The van der Waals surface area contributed by atoms with E-state index >= 15 is 0 Å². The van der Waals surface area contributed by atoms with E-state index in [2.05, 4.69) is 26.0 Å². The molecule has 0 aromatic heterocycles. The van der Waals surface area contributed by atoms with Gasteiger partial charge in [0, 0.05) is 4.90 Å². The zero-order chi connectivity index (χ0) is 12.3. The van der Waals surface area contributed by atoms with Crippen molar-refractivity contribution in [2.45, 2.75) is 43.3 Å². The summed E-state index contributed by atoms with van der Waals surface area (Å²) in [6, 6.07) is 8.10. The van der Waals surface area contributed by atoms with Gasteiger partial charge in [0.15, 0.2) is 0 Å². The highest BCUT2D eigenvalue weighted by molar-refractivity contribution is 8.01. The summed E-state index contributed by atoms with van der Waals surface area (Å²) in [6.07, 6.45) is 0. The van der Waals surface area contributed by atoms with Gasteiger partial charge >= 0.3 is 5.97 Å². The number of benzene rings is 1. The summed E-state index contributed by atoms with van der Waals surface area (Å²) in [5.41, 5.74) is 1.28. The van der Waals surface area contributed by atoms with Crippen molar-refractivity contribution in [3.8, 4) is 0 Å². The van der Waals surface area contributed by atoms with Crippen molar-refractivity contribution in [3.63, 3.8) is 0 Å². The molecule has 0 aliphatic heterocycles. The Labute approximate surface area is 101 Å². The van der Waals surface area contributed by atoms with Crippen molar-refractivity contribution in [1.29, 1.82) is 0 Å². The largest absolute Gasteiger partial charge is 0.480 e. The number of hydrogen-bond acceptors (Lipinski definition) is 2. The molecule has 0 amide bonds. The highest BCUT2D eigenvalue weighted by Gasteiger charge is 2.28. The van der Waals surface area contributed by atoms with Crippen molar-refractivity contribution in [1.82, 2.24) is 0 Å². The van der Waals surface area contributed by atoms with Crippen LogP contribution in [-0.4, -0.2) is 15.8 Å². The van der Waals surface area contributed by atoms with Crippen LogP contribution in [0.1, 0.15) is 39.2 Å². The second-order valence-corrected chi connectivity index (χ2v) is 6.34. The molecule has 0 bridgehead atoms. The lowest BCUT2D eigenvalue weighted by Crippen LogP contribution is -2.26. The van der Waals surface area contributed by atoms with Crippen LogP contribution in [0.5, 0.6) is 0 Å². The molecule has 0 aliphatic rings. The van der Waals surface area contributed by atoms with E-state index in [0.29, 0.717) is 5.92 Å². The van der Waals surface area contributed by atoms with Crippen molar-refractivity contribution < 1.29 is 9.90 Å². The van der Waals surface area contributed by atoms with Gasteiger partial charge in [-0.2, -0.15) is 0 Å². The van der Waals surface area contributed by atoms with Crippen molar-refractivity contribution in [3.05, 3.63) is 29.8 Å². The monoisotopic (exact) mass is 238 g/mol. The maximum atomic E-state index is 11.0. The van der Waals surface area contributed by atoms with Crippen LogP contribution in [0.3, 0.4) is 0 Å². The van der Waals surface area contributed by atoms with E-state index in [1.165, 1.54) is 17.3 Å². The Morgan fingerprint density at radius 3 is 2.12 bits per heavy atom. The molecule has 0 spiro atoms.